The van der Waals surface area contributed by atoms with Crippen molar-refractivity contribution in [2.45, 2.75) is 42.1 Å². The Morgan fingerprint density at radius 1 is 1.13 bits per heavy atom. The summed E-state index contributed by atoms with van der Waals surface area (Å²) in [4.78, 5) is 16.2. The molecule has 2 aromatic rings. The first-order valence-corrected chi connectivity index (χ1v) is 10.7. The maximum atomic E-state index is 12.9. The molecule has 0 bridgehead atoms. The Morgan fingerprint density at radius 3 is 2.37 bits per heavy atom. The van der Waals surface area contributed by atoms with E-state index in [2.05, 4.69) is 9.71 Å². The highest BCUT2D eigenvalue weighted by atomic mass is 32.2. The topological polar surface area (TPSA) is 136 Å². The highest BCUT2D eigenvalue weighted by Gasteiger charge is 2.55. The number of rotatable bonds is 7. The Kier molecular flexibility index (Phi) is 5.71. The molecular formula is C19H21N3O7S. The number of amides is 1. The molecule has 4 rings (SSSR count). The van der Waals surface area contributed by atoms with Gasteiger partial charge in [0, 0.05) is 25.2 Å². The summed E-state index contributed by atoms with van der Waals surface area (Å²) in [7, 11) is -4.07. The quantitative estimate of drug-likeness (QED) is 0.428. The van der Waals surface area contributed by atoms with Crippen LogP contribution in [0, 0.1) is 0 Å². The first-order chi connectivity index (χ1) is 14.4. The summed E-state index contributed by atoms with van der Waals surface area (Å²) < 4.78 is 44.7. The van der Waals surface area contributed by atoms with E-state index in [1.807, 2.05) is 12.1 Å². The zero-order valence-corrected chi connectivity index (χ0v) is 16.7. The molecule has 3 N–H and O–H groups in total. The molecule has 11 heteroatoms. The van der Waals surface area contributed by atoms with E-state index in [4.69, 9.17) is 19.4 Å². The number of fused-ring (bicyclic) bond motifs is 1. The van der Waals surface area contributed by atoms with Gasteiger partial charge in [0.1, 0.15) is 24.7 Å². The maximum absolute atomic E-state index is 12.9. The predicted molar refractivity (Wildman–Crippen MR) is 102 cm³/mol. The second-order valence-electron chi connectivity index (χ2n) is 7.18. The second-order valence-corrected chi connectivity index (χ2v) is 8.86. The first-order valence-electron chi connectivity index (χ1n) is 9.25. The van der Waals surface area contributed by atoms with Crippen LogP contribution in [0.15, 0.2) is 53.7 Å². The van der Waals surface area contributed by atoms with Crippen LogP contribution in [-0.2, 0) is 30.9 Å². The van der Waals surface area contributed by atoms with Crippen molar-refractivity contribution in [2.75, 3.05) is 6.79 Å². The lowest BCUT2D eigenvalue weighted by molar-refractivity contribution is -0.136. The highest BCUT2D eigenvalue weighted by molar-refractivity contribution is 7.89. The number of carbonyl (C=O) groups excluding carboxylic acids is 1. The molecule has 2 aliphatic rings. The predicted octanol–water partition coefficient (Wildman–Crippen LogP) is 0.718. The number of sulfonamides is 1. The minimum absolute atomic E-state index is 0.0391. The van der Waals surface area contributed by atoms with Crippen LogP contribution in [0.3, 0.4) is 0 Å². The lowest BCUT2D eigenvalue weighted by Gasteiger charge is -2.28. The molecule has 1 saturated heterocycles. The molecule has 2 atom stereocenters. The molecule has 1 aromatic heterocycles. The Morgan fingerprint density at radius 2 is 1.77 bits per heavy atom. The summed E-state index contributed by atoms with van der Waals surface area (Å²) in [6, 6.07) is 9.47. The first kappa shape index (κ1) is 20.7. The van der Waals surface area contributed by atoms with Crippen LogP contribution in [0.25, 0.3) is 0 Å². The van der Waals surface area contributed by atoms with Gasteiger partial charge in [0.15, 0.2) is 0 Å². The fourth-order valence-corrected chi connectivity index (χ4v) is 5.06. The fourth-order valence-electron chi connectivity index (χ4n) is 3.68. The molecule has 0 spiro atoms. The van der Waals surface area contributed by atoms with Crippen LogP contribution < -0.4 is 14.9 Å². The van der Waals surface area contributed by atoms with E-state index >= 15 is 0 Å². The summed E-state index contributed by atoms with van der Waals surface area (Å²) in [5.74, 6) is -0.365. The number of aromatic nitrogens is 1. The standard InChI is InChI=1S/C19H21N3O7S/c23-18(21-24)19(9-16-17(10-19)29-12-28-16)22-30(25,26)15-3-1-14(2-4-15)27-11-13-5-7-20-8-6-13/h1-8,16-17,22,24H,9-12H2,(H,21,23). The van der Waals surface area contributed by atoms with Crippen molar-refractivity contribution in [3.05, 3.63) is 54.4 Å². The van der Waals surface area contributed by atoms with E-state index in [1.54, 1.807) is 17.9 Å². The third-order valence-corrected chi connectivity index (χ3v) is 6.79. The van der Waals surface area contributed by atoms with Crippen LogP contribution in [-0.4, -0.2) is 49.1 Å². The molecule has 30 heavy (non-hydrogen) atoms. The van der Waals surface area contributed by atoms with E-state index < -0.39 is 33.7 Å². The zero-order valence-electron chi connectivity index (χ0n) is 15.9. The summed E-state index contributed by atoms with van der Waals surface area (Å²) >= 11 is 0. The van der Waals surface area contributed by atoms with Gasteiger partial charge in [0.2, 0.25) is 10.0 Å². The average molecular weight is 435 g/mol. The fraction of sp³-hybridized carbons (Fsp3) is 0.368. The number of hydroxylamine groups is 1. The van der Waals surface area contributed by atoms with Crippen LogP contribution >= 0.6 is 0 Å². The van der Waals surface area contributed by atoms with Crippen molar-refractivity contribution >= 4 is 15.9 Å². The SMILES string of the molecule is O=C(NO)C1(NS(=O)(=O)c2ccc(OCc3ccncc3)cc2)CC2OCOC2C1. The van der Waals surface area contributed by atoms with Gasteiger partial charge in [-0.3, -0.25) is 15.0 Å². The van der Waals surface area contributed by atoms with Crippen molar-refractivity contribution in [1.82, 2.24) is 15.2 Å². The Hall–Kier alpha value is -2.57. The van der Waals surface area contributed by atoms with E-state index in [1.165, 1.54) is 24.3 Å². The van der Waals surface area contributed by atoms with Gasteiger partial charge >= 0.3 is 0 Å². The third-order valence-electron chi connectivity index (χ3n) is 5.23. The Balaban J connectivity index is 1.47. The summed E-state index contributed by atoms with van der Waals surface area (Å²) in [6.07, 6.45) is 2.58. The van der Waals surface area contributed by atoms with Gasteiger partial charge in [-0.2, -0.15) is 4.72 Å². The van der Waals surface area contributed by atoms with Crippen LogP contribution in [0.2, 0.25) is 0 Å². The highest BCUT2D eigenvalue weighted by Crippen LogP contribution is 2.38. The third kappa shape index (κ3) is 4.16. The van der Waals surface area contributed by atoms with Crippen molar-refractivity contribution < 1.29 is 32.6 Å². The van der Waals surface area contributed by atoms with Crippen molar-refractivity contribution in [3.8, 4) is 5.75 Å². The summed E-state index contributed by atoms with van der Waals surface area (Å²) in [5, 5.41) is 9.14. The Bertz CT molecular complexity index is 987. The second kappa shape index (κ2) is 8.28. The van der Waals surface area contributed by atoms with Gasteiger partial charge in [-0.25, -0.2) is 13.9 Å². The molecule has 0 radical (unpaired) electrons. The minimum Gasteiger partial charge on any atom is -0.489 e. The number of nitrogens with zero attached hydrogens (tertiary/aromatic N) is 1. The lowest BCUT2D eigenvalue weighted by atomic mass is 9.98. The van der Waals surface area contributed by atoms with E-state index in [0.717, 1.165) is 5.56 Å². The maximum Gasteiger partial charge on any atom is 0.264 e. The van der Waals surface area contributed by atoms with Crippen LogP contribution in [0.1, 0.15) is 18.4 Å². The van der Waals surface area contributed by atoms with Gasteiger partial charge in [0.05, 0.1) is 17.1 Å². The number of ether oxygens (including phenoxy) is 3. The lowest BCUT2D eigenvalue weighted by Crippen LogP contribution is -2.57. The molecule has 1 amide bonds. The number of nitrogens with one attached hydrogen (secondary N) is 2. The molecule has 160 valence electrons. The number of hydrogen-bond donors (Lipinski definition) is 3. The molecule has 1 aliphatic heterocycles. The number of benzene rings is 1. The number of hydrogen-bond acceptors (Lipinski definition) is 8. The smallest absolute Gasteiger partial charge is 0.264 e. The average Bonchev–Trinajstić information content (AvgIpc) is 3.32. The van der Waals surface area contributed by atoms with Crippen LogP contribution in [0.4, 0.5) is 0 Å². The monoisotopic (exact) mass is 435 g/mol. The molecule has 1 aliphatic carbocycles. The van der Waals surface area contributed by atoms with E-state index in [0.29, 0.717) is 12.4 Å². The number of pyridine rings is 1. The Labute approximate surface area is 173 Å². The minimum atomic E-state index is -4.07. The van der Waals surface area contributed by atoms with Gasteiger partial charge in [-0.05, 0) is 42.0 Å². The van der Waals surface area contributed by atoms with Crippen molar-refractivity contribution in [3.63, 3.8) is 0 Å². The zero-order chi connectivity index (χ0) is 21.2. The van der Waals surface area contributed by atoms with E-state index in [9.17, 15) is 13.2 Å². The summed E-state index contributed by atoms with van der Waals surface area (Å²) in [6.45, 7) is 0.412. The van der Waals surface area contributed by atoms with Gasteiger partial charge in [-0.15, -0.1) is 0 Å². The van der Waals surface area contributed by atoms with Crippen molar-refractivity contribution in [1.29, 1.82) is 0 Å². The van der Waals surface area contributed by atoms with Crippen LogP contribution in [0.5, 0.6) is 5.75 Å². The molecule has 10 nitrogen and oxygen atoms in total. The largest absolute Gasteiger partial charge is 0.489 e. The molecule has 2 fully saturated rings. The summed E-state index contributed by atoms with van der Waals surface area (Å²) in [5.41, 5.74) is 0.909. The molecule has 2 unspecified atom stereocenters. The number of carbonyl (C=O) groups is 1. The molecule has 1 saturated carbocycles. The van der Waals surface area contributed by atoms with Crippen molar-refractivity contribution in [2.24, 2.45) is 0 Å². The van der Waals surface area contributed by atoms with Gasteiger partial charge in [-0.1, -0.05) is 0 Å². The molecule has 2 heterocycles. The van der Waals surface area contributed by atoms with Gasteiger partial charge in [0.25, 0.3) is 5.91 Å². The molecular weight excluding hydrogens is 414 g/mol. The van der Waals surface area contributed by atoms with Gasteiger partial charge < -0.3 is 14.2 Å². The molecule has 1 aromatic carbocycles. The normalized spacial score (nSPS) is 25.6. The van der Waals surface area contributed by atoms with E-state index in [-0.39, 0.29) is 24.5 Å².